The molecule has 0 aliphatic carbocycles. The van der Waals surface area contributed by atoms with Crippen LogP contribution in [0.1, 0.15) is 18.7 Å². The molecule has 3 nitrogen and oxygen atoms in total. The first-order valence-corrected chi connectivity index (χ1v) is 7.30. The first kappa shape index (κ1) is 12.6. The quantitative estimate of drug-likeness (QED) is 0.905. The molecule has 2 rings (SSSR count). The maximum Gasteiger partial charge on any atom is 0.203 e. The Kier molecular flexibility index (Phi) is 4.23. The topological polar surface area (TPSA) is 29.9 Å². The number of anilines is 1. The molecule has 2 aromatic rings. The van der Waals surface area contributed by atoms with E-state index in [1.54, 1.807) is 11.3 Å². The number of halogens is 1. The molecule has 0 aromatic carbocycles. The van der Waals surface area contributed by atoms with Crippen LogP contribution in [0.5, 0.6) is 0 Å². The lowest BCUT2D eigenvalue weighted by Gasteiger charge is -2.11. The van der Waals surface area contributed by atoms with E-state index in [9.17, 15) is 0 Å². The lowest BCUT2D eigenvalue weighted by molar-refractivity contribution is 0.526. The number of nitrogens with zero attached hydrogens (tertiary/aromatic N) is 2. The third-order valence-corrected chi connectivity index (χ3v) is 4.02. The molecule has 0 aliphatic heterocycles. The van der Waals surface area contributed by atoms with Crippen molar-refractivity contribution < 1.29 is 0 Å². The standard InChI is InChI=1S/C12H16BrN3S/c1-9(2)7-16-4-3-14-12(16)15-6-11-5-10(13)8-17-11/h3-5,8-9H,6-7H2,1-2H3,(H,14,15). The van der Waals surface area contributed by atoms with Crippen LogP contribution in [0.15, 0.2) is 28.3 Å². The lowest BCUT2D eigenvalue weighted by Crippen LogP contribution is -2.09. The number of nitrogens with one attached hydrogen (secondary N) is 1. The Balaban J connectivity index is 1.97. The van der Waals surface area contributed by atoms with Gasteiger partial charge in [0.25, 0.3) is 0 Å². The van der Waals surface area contributed by atoms with Crippen LogP contribution < -0.4 is 5.32 Å². The predicted molar refractivity (Wildman–Crippen MR) is 76.4 cm³/mol. The molecule has 0 spiro atoms. The van der Waals surface area contributed by atoms with Gasteiger partial charge in [0.05, 0.1) is 6.54 Å². The fourth-order valence-corrected chi connectivity index (χ4v) is 3.02. The van der Waals surface area contributed by atoms with Crippen LogP contribution >= 0.6 is 27.3 Å². The lowest BCUT2D eigenvalue weighted by atomic mass is 10.2. The summed E-state index contributed by atoms with van der Waals surface area (Å²) in [6, 6.07) is 2.13. The number of thiophene rings is 1. The van der Waals surface area contributed by atoms with Gasteiger partial charge in [0.2, 0.25) is 5.95 Å². The first-order chi connectivity index (χ1) is 8.15. The SMILES string of the molecule is CC(C)Cn1ccnc1NCc1cc(Br)cs1. The fourth-order valence-electron chi connectivity index (χ4n) is 1.63. The Morgan fingerprint density at radius 1 is 1.53 bits per heavy atom. The van der Waals surface area contributed by atoms with Crippen LogP contribution in [0.4, 0.5) is 5.95 Å². The highest BCUT2D eigenvalue weighted by Gasteiger charge is 2.04. The van der Waals surface area contributed by atoms with E-state index in [2.05, 4.69) is 56.1 Å². The average molecular weight is 314 g/mol. The Labute approximate surface area is 114 Å². The summed E-state index contributed by atoms with van der Waals surface area (Å²) in [5.74, 6) is 1.57. The monoisotopic (exact) mass is 313 g/mol. The zero-order valence-corrected chi connectivity index (χ0v) is 12.4. The summed E-state index contributed by atoms with van der Waals surface area (Å²) in [5, 5.41) is 5.46. The highest BCUT2D eigenvalue weighted by molar-refractivity contribution is 9.10. The molecule has 0 atom stereocenters. The van der Waals surface area contributed by atoms with Gasteiger partial charge in [-0.15, -0.1) is 11.3 Å². The summed E-state index contributed by atoms with van der Waals surface area (Å²) in [6.45, 7) is 6.24. The average Bonchev–Trinajstić information content (AvgIpc) is 2.84. The molecule has 17 heavy (non-hydrogen) atoms. The van der Waals surface area contributed by atoms with Crippen molar-refractivity contribution in [3.05, 3.63) is 33.2 Å². The van der Waals surface area contributed by atoms with E-state index in [-0.39, 0.29) is 0 Å². The second-order valence-electron chi connectivity index (χ2n) is 4.38. The van der Waals surface area contributed by atoms with Gasteiger partial charge in [-0.05, 0) is 27.9 Å². The van der Waals surface area contributed by atoms with E-state index in [1.165, 1.54) is 4.88 Å². The molecule has 0 amide bonds. The third kappa shape index (κ3) is 3.57. The second kappa shape index (κ2) is 5.69. The van der Waals surface area contributed by atoms with Crippen molar-refractivity contribution in [2.24, 2.45) is 5.92 Å². The molecule has 2 heterocycles. The molecule has 0 aliphatic rings. The molecule has 2 aromatic heterocycles. The summed E-state index contributed by atoms with van der Waals surface area (Å²) in [6.07, 6.45) is 3.86. The van der Waals surface area contributed by atoms with Crippen molar-refractivity contribution >= 4 is 33.2 Å². The summed E-state index contributed by atoms with van der Waals surface area (Å²) < 4.78 is 3.30. The van der Waals surface area contributed by atoms with Gasteiger partial charge in [-0.25, -0.2) is 4.98 Å². The molecule has 0 unspecified atom stereocenters. The zero-order chi connectivity index (χ0) is 12.3. The van der Waals surface area contributed by atoms with Gasteiger partial charge in [0.15, 0.2) is 0 Å². The third-order valence-electron chi connectivity index (χ3n) is 2.32. The van der Waals surface area contributed by atoms with Gasteiger partial charge in [-0.3, -0.25) is 0 Å². The fraction of sp³-hybridized carbons (Fsp3) is 0.417. The Morgan fingerprint density at radius 2 is 2.35 bits per heavy atom. The maximum absolute atomic E-state index is 4.34. The molecule has 1 N–H and O–H groups in total. The molecule has 0 saturated heterocycles. The smallest absolute Gasteiger partial charge is 0.203 e. The van der Waals surface area contributed by atoms with Crippen LogP contribution in [0.3, 0.4) is 0 Å². The number of rotatable bonds is 5. The molecular formula is C12H16BrN3S. The Hall–Kier alpha value is -0.810. The van der Waals surface area contributed by atoms with Crippen LogP contribution in [-0.2, 0) is 13.1 Å². The van der Waals surface area contributed by atoms with Crippen LogP contribution in [0.2, 0.25) is 0 Å². The van der Waals surface area contributed by atoms with Crippen molar-refractivity contribution in [3.63, 3.8) is 0 Å². The van der Waals surface area contributed by atoms with E-state index < -0.39 is 0 Å². The van der Waals surface area contributed by atoms with Crippen LogP contribution in [0, 0.1) is 5.92 Å². The minimum Gasteiger partial charge on any atom is -0.351 e. The van der Waals surface area contributed by atoms with Crippen molar-refractivity contribution in [1.29, 1.82) is 0 Å². The van der Waals surface area contributed by atoms with Gasteiger partial charge >= 0.3 is 0 Å². The van der Waals surface area contributed by atoms with Gasteiger partial charge in [0.1, 0.15) is 0 Å². The van der Waals surface area contributed by atoms with Crippen molar-refractivity contribution in [2.45, 2.75) is 26.9 Å². The molecule has 0 saturated carbocycles. The summed E-state index contributed by atoms with van der Waals surface area (Å²) >= 11 is 5.20. The van der Waals surface area contributed by atoms with E-state index >= 15 is 0 Å². The highest BCUT2D eigenvalue weighted by atomic mass is 79.9. The zero-order valence-electron chi connectivity index (χ0n) is 9.98. The molecule has 0 bridgehead atoms. The van der Waals surface area contributed by atoms with Gasteiger partial charge in [-0.1, -0.05) is 13.8 Å². The van der Waals surface area contributed by atoms with Gasteiger partial charge in [0, 0.05) is 33.7 Å². The van der Waals surface area contributed by atoms with Crippen molar-refractivity contribution in [3.8, 4) is 0 Å². The predicted octanol–water partition coefficient (Wildman–Crippen LogP) is 3.98. The summed E-state index contributed by atoms with van der Waals surface area (Å²) in [5.41, 5.74) is 0. The minimum absolute atomic E-state index is 0.626. The largest absolute Gasteiger partial charge is 0.351 e. The number of imidazole rings is 1. The van der Waals surface area contributed by atoms with Gasteiger partial charge < -0.3 is 9.88 Å². The first-order valence-electron chi connectivity index (χ1n) is 5.63. The summed E-state index contributed by atoms with van der Waals surface area (Å²) in [4.78, 5) is 5.64. The van der Waals surface area contributed by atoms with Crippen molar-refractivity contribution in [2.75, 3.05) is 5.32 Å². The van der Waals surface area contributed by atoms with Crippen molar-refractivity contribution in [1.82, 2.24) is 9.55 Å². The number of aromatic nitrogens is 2. The van der Waals surface area contributed by atoms with Gasteiger partial charge in [-0.2, -0.15) is 0 Å². The molecule has 92 valence electrons. The molecular weight excluding hydrogens is 298 g/mol. The molecule has 0 radical (unpaired) electrons. The summed E-state index contributed by atoms with van der Waals surface area (Å²) in [7, 11) is 0. The molecule has 5 heteroatoms. The second-order valence-corrected chi connectivity index (χ2v) is 6.29. The maximum atomic E-state index is 4.34. The van der Waals surface area contributed by atoms with Crippen LogP contribution in [0.25, 0.3) is 0 Å². The molecule has 0 fully saturated rings. The van der Waals surface area contributed by atoms with E-state index in [4.69, 9.17) is 0 Å². The van der Waals surface area contributed by atoms with E-state index in [1.807, 2.05) is 12.4 Å². The Morgan fingerprint density at radius 3 is 3.00 bits per heavy atom. The highest BCUT2D eigenvalue weighted by Crippen LogP contribution is 2.20. The van der Waals surface area contributed by atoms with E-state index in [0.29, 0.717) is 5.92 Å². The number of hydrogen-bond donors (Lipinski definition) is 1. The van der Waals surface area contributed by atoms with E-state index in [0.717, 1.165) is 23.5 Å². The normalized spacial score (nSPS) is 11.1. The Bertz CT molecular complexity index is 476. The van der Waals surface area contributed by atoms with Crippen LogP contribution in [-0.4, -0.2) is 9.55 Å². The number of hydrogen-bond acceptors (Lipinski definition) is 3. The minimum atomic E-state index is 0.626.